The highest BCUT2D eigenvalue weighted by molar-refractivity contribution is 5.08. The first-order valence-electron chi connectivity index (χ1n) is 4.08. The maximum Gasteiger partial charge on any atom is 0.0750 e. The molecule has 58 valence electrons. The van der Waals surface area contributed by atoms with Gasteiger partial charge in [-0.3, -0.25) is 0 Å². The summed E-state index contributed by atoms with van der Waals surface area (Å²) in [5.41, 5.74) is 1.16. The van der Waals surface area contributed by atoms with Gasteiger partial charge >= 0.3 is 0 Å². The van der Waals surface area contributed by atoms with Gasteiger partial charge in [0.2, 0.25) is 0 Å². The molecular weight excluding hydrogens is 124 g/mol. The fourth-order valence-electron chi connectivity index (χ4n) is 1.42. The zero-order valence-corrected chi connectivity index (χ0v) is 6.80. The van der Waals surface area contributed by atoms with Crippen LogP contribution in [-0.4, -0.2) is 11.2 Å². The molecule has 0 bridgehead atoms. The molecule has 0 saturated carbocycles. The SMILES string of the molecule is CCC1CC=C(C)[C@@H](O)C1. The Kier molecular flexibility index (Phi) is 2.50. The normalized spacial score (nSPS) is 33.7. The van der Waals surface area contributed by atoms with Gasteiger partial charge in [0.1, 0.15) is 0 Å². The highest BCUT2D eigenvalue weighted by Crippen LogP contribution is 2.25. The van der Waals surface area contributed by atoms with E-state index in [0.29, 0.717) is 0 Å². The largest absolute Gasteiger partial charge is 0.389 e. The van der Waals surface area contributed by atoms with Gasteiger partial charge in [0.25, 0.3) is 0 Å². The van der Waals surface area contributed by atoms with Gasteiger partial charge in [0.05, 0.1) is 6.10 Å². The van der Waals surface area contributed by atoms with Crippen molar-refractivity contribution < 1.29 is 5.11 Å². The molecule has 1 unspecified atom stereocenters. The zero-order chi connectivity index (χ0) is 7.56. The smallest absolute Gasteiger partial charge is 0.0750 e. The number of rotatable bonds is 1. The molecule has 0 radical (unpaired) electrons. The van der Waals surface area contributed by atoms with Crippen LogP contribution in [0.5, 0.6) is 0 Å². The van der Waals surface area contributed by atoms with Gasteiger partial charge in [-0.05, 0) is 31.3 Å². The van der Waals surface area contributed by atoms with E-state index < -0.39 is 0 Å². The molecule has 1 aliphatic rings. The Labute approximate surface area is 62.8 Å². The third kappa shape index (κ3) is 1.60. The summed E-state index contributed by atoms with van der Waals surface area (Å²) in [6.07, 6.45) is 5.35. The van der Waals surface area contributed by atoms with E-state index in [1.807, 2.05) is 6.92 Å². The molecule has 1 heteroatoms. The minimum Gasteiger partial charge on any atom is -0.389 e. The molecule has 0 aliphatic heterocycles. The van der Waals surface area contributed by atoms with Crippen LogP contribution in [0.2, 0.25) is 0 Å². The Hall–Kier alpha value is -0.300. The van der Waals surface area contributed by atoms with E-state index in [-0.39, 0.29) is 6.10 Å². The van der Waals surface area contributed by atoms with Crippen LogP contribution in [0.1, 0.15) is 33.1 Å². The summed E-state index contributed by atoms with van der Waals surface area (Å²) < 4.78 is 0. The Morgan fingerprint density at radius 1 is 1.70 bits per heavy atom. The van der Waals surface area contributed by atoms with Gasteiger partial charge in [-0.25, -0.2) is 0 Å². The van der Waals surface area contributed by atoms with E-state index in [1.165, 1.54) is 12.8 Å². The fraction of sp³-hybridized carbons (Fsp3) is 0.778. The fourth-order valence-corrected chi connectivity index (χ4v) is 1.42. The van der Waals surface area contributed by atoms with Crippen LogP contribution >= 0.6 is 0 Å². The van der Waals surface area contributed by atoms with Crippen molar-refractivity contribution in [2.24, 2.45) is 5.92 Å². The van der Waals surface area contributed by atoms with Crippen molar-refractivity contribution in [1.82, 2.24) is 0 Å². The van der Waals surface area contributed by atoms with Crippen LogP contribution < -0.4 is 0 Å². The average molecular weight is 140 g/mol. The molecule has 0 aromatic heterocycles. The summed E-state index contributed by atoms with van der Waals surface area (Å²) in [6, 6.07) is 0. The molecule has 0 amide bonds. The van der Waals surface area contributed by atoms with Gasteiger partial charge in [0.15, 0.2) is 0 Å². The van der Waals surface area contributed by atoms with E-state index >= 15 is 0 Å². The number of hydrogen-bond donors (Lipinski definition) is 1. The van der Waals surface area contributed by atoms with Gasteiger partial charge in [-0.1, -0.05) is 19.4 Å². The van der Waals surface area contributed by atoms with Crippen molar-refractivity contribution in [3.05, 3.63) is 11.6 Å². The molecule has 0 spiro atoms. The molecule has 0 aromatic carbocycles. The topological polar surface area (TPSA) is 20.2 Å². The summed E-state index contributed by atoms with van der Waals surface area (Å²) in [5, 5.41) is 9.41. The summed E-state index contributed by atoms with van der Waals surface area (Å²) in [4.78, 5) is 0. The van der Waals surface area contributed by atoms with Crippen molar-refractivity contribution >= 4 is 0 Å². The lowest BCUT2D eigenvalue weighted by Crippen LogP contribution is -2.18. The van der Waals surface area contributed by atoms with Crippen molar-refractivity contribution in [1.29, 1.82) is 0 Å². The van der Waals surface area contributed by atoms with E-state index in [2.05, 4.69) is 13.0 Å². The molecule has 1 rings (SSSR count). The van der Waals surface area contributed by atoms with Crippen molar-refractivity contribution in [2.45, 2.75) is 39.2 Å². The first kappa shape index (κ1) is 7.80. The van der Waals surface area contributed by atoms with E-state index in [9.17, 15) is 5.11 Å². The van der Waals surface area contributed by atoms with E-state index in [4.69, 9.17) is 0 Å². The Morgan fingerprint density at radius 2 is 2.40 bits per heavy atom. The number of aliphatic hydroxyl groups is 1. The second-order valence-electron chi connectivity index (χ2n) is 3.21. The van der Waals surface area contributed by atoms with Crippen molar-refractivity contribution in [2.75, 3.05) is 0 Å². The minimum atomic E-state index is -0.154. The van der Waals surface area contributed by atoms with Gasteiger partial charge < -0.3 is 5.11 Å². The molecule has 0 saturated heterocycles. The predicted molar refractivity (Wildman–Crippen MR) is 42.8 cm³/mol. The number of aliphatic hydroxyl groups excluding tert-OH is 1. The van der Waals surface area contributed by atoms with E-state index in [1.54, 1.807) is 0 Å². The van der Waals surface area contributed by atoms with E-state index in [0.717, 1.165) is 17.9 Å². The van der Waals surface area contributed by atoms with Crippen molar-refractivity contribution in [3.63, 3.8) is 0 Å². The first-order chi connectivity index (χ1) is 4.74. The Balaban J connectivity index is 2.51. The number of hydrogen-bond acceptors (Lipinski definition) is 1. The second kappa shape index (κ2) is 3.20. The minimum absolute atomic E-state index is 0.154. The van der Waals surface area contributed by atoms with Crippen LogP contribution in [0.25, 0.3) is 0 Å². The Morgan fingerprint density at radius 3 is 2.90 bits per heavy atom. The maximum atomic E-state index is 9.41. The number of allylic oxidation sites excluding steroid dienone is 1. The summed E-state index contributed by atoms with van der Waals surface area (Å²) in [7, 11) is 0. The van der Waals surface area contributed by atoms with Crippen LogP contribution in [0, 0.1) is 5.92 Å². The van der Waals surface area contributed by atoms with Gasteiger partial charge in [0, 0.05) is 0 Å². The highest BCUT2D eigenvalue weighted by Gasteiger charge is 2.17. The molecule has 1 N–H and O–H groups in total. The molecule has 0 aromatic rings. The molecule has 10 heavy (non-hydrogen) atoms. The summed E-state index contributed by atoms with van der Waals surface area (Å²) >= 11 is 0. The van der Waals surface area contributed by atoms with Gasteiger partial charge in [-0.15, -0.1) is 0 Å². The zero-order valence-electron chi connectivity index (χ0n) is 6.80. The highest BCUT2D eigenvalue weighted by atomic mass is 16.3. The molecule has 0 heterocycles. The van der Waals surface area contributed by atoms with Crippen LogP contribution in [-0.2, 0) is 0 Å². The predicted octanol–water partition coefficient (Wildman–Crippen LogP) is 2.11. The molecule has 2 atom stereocenters. The molecular formula is C9H16O. The monoisotopic (exact) mass is 140 g/mol. The van der Waals surface area contributed by atoms with Crippen LogP contribution in [0.4, 0.5) is 0 Å². The van der Waals surface area contributed by atoms with Crippen LogP contribution in [0.3, 0.4) is 0 Å². The third-order valence-corrected chi connectivity index (χ3v) is 2.43. The van der Waals surface area contributed by atoms with Gasteiger partial charge in [-0.2, -0.15) is 0 Å². The summed E-state index contributed by atoms with van der Waals surface area (Å²) in [5.74, 6) is 0.721. The molecule has 0 fully saturated rings. The molecule has 1 aliphatic carbocycles. The first-order valence-corrected chi connectivity index (χ1v) is 4.08. The second-order valence-corrected chi connectivity index (χ2v) is 3.21. The summed E-state index contributed by atoms with van der Waals surface area (Å²) in [6.45, 7) is 4.20. The maximum absolute atomic E-state index is 9.41. The van der Waals surface area contributed by atoms with Crippen molar-refractivity contribution in [3.8, 4) is 0 Å². The quantitative estimate of drug-likeness (QED) is 0.553. The lowest BCUT2D eigenvalue weighted by molar-refractivity contribution is 0.164. The third-order valence-electron chi connectivity index (χ3n) is 2.43. The van der Waals surface area contributed by atoms with Crippen LogP contribution in [0.15, 0.2) is 11.6 Å². The lowest BCUT2D eigenvalue weighted by Gasteiger charge is -2.23. The molecule has 1 nitrogen and oxygen atoms in total. The average Bonchev–Trinajstić information content (AvgIpc) is 1.95. The Bertz CT molecular complexity index is 138. The standard InChI is InChI=1S/C9H16O/c1-3-8-5-4-7(2)9(10)6-8/h4,8-10H,3,5-6H2,1-2H3/t8?,9-/m0/s1. The lowest BCUT2D eigenvalue weighted by atomic mass is 9.87.